The normalized spacial score (nSPS) is 29.8. The van der Waals surface area contributed by atoms with Crippen LogP contribution in [0.15, 0.2) is 11.1 Å². The third kappa shape index (κ3) is 1.66. The first kappa shape index (κ1) is 6.40. The van der Waals surface area contributed by atoms with Crippen LogP contribution in [0, 0.1) is 0 Å². The number of hydrogen-bond donors (Lipinski definition) is 0. The number of ether oxygens (including phenoxy) is 1. The van der Waals surface area contributed by atoms with Gasteiger partial charge in [-0.1, -0.05) is 23.2 Å². The van der Waals surface area contributed by atoms with Gasteiger partial charge in [-0.2, -0.15) is 0 Å². The van der Waals surface area contributed by atoms with E-state index < -0.39 is 0 Å². The topological polar surface area (TPSA) is 9.23 Å². The maximum absolute atomic E-state index is 5.61. The smallest absolute Gasteiger partial charge is 0.136 e. The Bertz CT molecular complexity index is 111. The van der Waals surface area contributed by atoms with Gasteiger partial charge < -0.3 is 4.74 Å². The van der Waals surface area contributed by atoms with Crippen LogP contribution in [0.2, 0.25) is 0 Å². The summed E-state index contributed by atoms with van der Waals surface area (Å²) in [6, 6.07) is 0. The zero-order valence-corrected chi connectivity index (χ0v) is 5.74. The lowest BCUT2D eigenvalue weighted by atomic mass is 10.3. The van der Waals surface area contributed by atoms with Gasteiger partial charge in [0.1, 0.15) is 5.56 Å². The first-order chi connectivity index (χ1) is 3.79. The molecule has 0 aromatic heterocycles. The minimum atomic E-state index is -0.215. The third-order valence-electron chi connectivity index (χ3n) is 0.937. The molecule has 0 aromatic rings. The number of hydrogen-bond acceptors (Lipinski definition) is 1. The van der Waals surface area contributed by atoms with E-state index in [0.717, 1.165) is 5.03 Å². The Morgan fingerprint density at radius 2 is 2.50 bits per heavy atom. The van der Waals surface area contributed by atoms with E-state index in [-0.39, 0.29) is 5.56 Å². The Labute approximate surface area is 58.2 Å². The zero-order valence-electron chi connectivity index (χ0n) is 4.23. The predicted molar refractivity (Wildman–Crippen MR) is 34.1 cm³/mol. The van der Waals surface area contributed by atoms with E-state index >= 15 is 0 Å². The molecule has 1 aliphatic heterocycles. The zero-order chi connectivity index (χ0) is 5.98. The Morgan fingerprint density at radius 3 is 2.88 bits per heavy atom. The van der Waals surface area contributed by atoms with Gasteiger partial charge in [-0.15, -0.1) is 0 Å². The van der Waals surface area contributed by atoms with E-state index in [4.69, 9.17) is 27.9 Å². The van der Waals surface area contributed by atoms with Crippen molar-refractivity contribution in [3.8, 4) is 0 Å². The lowest BCUT2D eigenvalue weighted by Gasteiger charge is -2.13. The van der Waals surface area contributed by atoms with Gasteiger partial charge in [0.2, 0.25) is 0 Å². The van der Waals surface area contributed by atoms with Crippen molar-refractivity contribution in [1.82, 2.24) is 0 Å². The minimum Gasteiger partial charge on any atom is -0.358 e. The highest BCUT2D eigenvalue weighted by atomic mass is 35.5. The average Bonchev–Trinajstić information content (AvgIpc) is 1.64. The molecule has 1 rings (SSSR count). The molecule has 0 N–H and O–H groups in total. The molecule has 0 saturated heterocycles. The minimum absolute atomic E-state index is 0.215. The summed E-state index contributed by atoms with van der Waals surface area (Å²) < 4.78 is 4.95. The van der Waals surface area contributed by atoms with Crippen molar-refractivity contribution in [3.63, 3.8) is 0 Å². The van der Waals surface area contributed by atoms with Crippen molar-refractivity contribution in [2.24, 2.45) is 0 Å². The van der Waals surface area contributed by atoms with Crippen LogP contribution in [0.4, 0.5) is 0 Å². The second kappa shape index (κ2) is 2.72. The molecule has 0 amide bonds. The third-order valence-corrected chi connectivity index (χ3v) is 1.53. The molecule has 0 fully saturated rings. The SMILES string of the molecule is ClC1=CCOC(Cl)C1. The van der Waals surface area contributed by atoms with Crippen LogP contribution in [-0.4, -0.2) is 12.2 Å². The molecule has 0 bridgehead atoms. The Balaban J connectivity index is 2.45. The first-order valence-corrected chi connectivity index (χ1v) is 3.20. The van der Waals surface area contributed by atoms with Crippen LogP contribution < -0.4 is 0 Å². The first-order valence-electron chi connectivity index (χ1n) is 2.39. The van der Waals surface area contributed by atoms with Crippen molar-refractivity contribution < 1.29 is 4.74 Å². The molecule has 1 unspecified atom stereocenters. The van der Waals surface area contributed by atoms with E-state index in [1.165, 1.54) is 0 Å². The predicted octanol–water partition coefficient (Wildman–Crippen LogP) is 2.09. The van der Waals surface area contributed by atoms with Crippen LogP contribution in [0.3, 0.4) is 0 Å². The number of rotatable bonds is 0. The van der Waals surface area contributed by atoms with Crippen molar-refractivity contribution in [2.45, 2.75) is 12.0 Å². The van der Waals surface area contributed by atoms with E-state index in [1.807, 2.05) is 6.08 Å². The van der Waals surface area contributed by atoms with Crippen LogP contribution in [0.5, 0.6) is 0 Å². The molecule has 1 heterocycles. The maximum atomic E-state index is 5.61. The monoisotopic (exact) mass is 152 g/mol. The van der Waals surface area contributed by atoms with Crippen molar-refractivity contribution in [2.75, 3.05) is 6.61 Å². The molecule has 3 heteroatoms. The lowest BCUT2D eigenvalue weighted by molar-refractivity contribution is 0.125. The van der Waals surface area contributed by atoms with Gasteiger partial charge in [-0.3, -0.25) is 0 Å². The molecule has 0 saturated carbocycles. The summed E-state index contributed by atoms with van der Waals surface area (Å²) in [6.45, 7) is 0.549. The van der Waals surface area contributed by atoms with Gasteiger partial charge >= 0.3 is 0 Å². The highest BCUT2D eigenvalue weighted by Gasteiger charge is 2.09. The van der Waals surface area contributed by atoms with Gasteiger partial charge in [0.25, 0.3) is 0 Å². The summed E-state index contributed by atoms with van der Waals surface area (Å²) in [5.74, 6) is 0. The van der Waals surface area contributed by atoms with E-state index in [1.54, 1.807) is 0 Å². The molecule has 0 radical (unpaired) electrons. The van der Waals surface area contributed by atoms with Crippen LogP contribution in [-0.2, 0) is 4.74 Å². The fourth-order valence-corrected chi connectivity index (χ4v) is 1.06. The Morgan fingerprint density at radius 1 is 1.75 bits per heavy atom. The average molecular weight is 153 g/mol. The summed E-state index contributed by atoms with van der Waals surface area (Å²) in [4.78, 5) is 0. The Hall–Kier alpha value is 0.280. The molecule has 1 aliphatic rings. The van der Waals surface area contributed by atoms with Crippen molar-refractivity contribution in [3.05, 3.63) is 11.1 Å². The quantitative estimate of drug-likeness (QED) is 0.484. The van der Waals surface area contributed by atoms with Gasteiger partial charge in [0.15, 0.2) is 0 Å². The van der Waals surface area contributed by atoms with Gasteiger partial charge in [-0.25, -0.2) is 0 Å². The Kier molecular flexibility index (Phi) is 2.17. The van der Waals surface area contributed by atoms with Crippen molar-refractivity contribution >= 4 is 23.2 Å². The molecular weight excluding hydrogens is 147 g/mol. The maximum Gasteiger partial charge on any atom is 0.136 e. The van der Waals surface area contributed by atoms with Gasteiger partial charge in [0.05, 0.1) is 6.61 Å². The standard InChI is InChI=1S/C5H6Cl2O/c6-4-1-2-8-5(7)3-4/h1,5H,2-3H2. The van der Waals surface area contributed by atoms with Crippen LogP contribution in [0.1, 0.15) is 6.42 Å². The lowest BCUT2D eigenvalue weighted by Crippen LogP contribution is -2.09. The molecule has 1 nitrogen and oxygen atoms in total. The summed E-state index contributed by atoms with van der Waals surface area (Å²) in [5.41, 5.74) is -0.215. The van der Waals surface area contributed by atoms with Crippen molar-refractivity contribution in [1.29, 1.82) is 0 Å². The van der Waals surface area contributed by atoms with E-state index in [9.17, 15) is 0 Å². The molecular formula is C5H6Cl2O. The molecule has 0 aromatic carbocycles. The highest BCUT2D eigenvalue weighted by Crippen LogP contribution is 2.19. The second-order valence-electron chi connectivity index (χ2n) is 1.60. The molecule has 8 heavy (non-hydrogen) atoms. The van der Waals surface area contributed by atoms with E-state index in [2.05, 4.69) is 0 Å². The van der Waals surface area contributed by atoms with Gasteiger partial charge in [-0.05, 0) is 6.08 Å². The summed E-state index contributed by atoms with van der Waals surface area (Å²) in [6.07, 6.45) is 2.46. The second-order valence-corrected chi connectivity index (χ2v) is 2.57. The fourth-order valence-electron chi connectivity index (χ4n) is 0.539. The van der Waals surface area contributed by atoms with Gasteiger partial charge in [0, 0.05) is 11.5 Å². The molecule has 1 atom stereocenters. The summed E-state index contributed by atoms with van der Waals surface area (Å²) in [5, 5.41) is 0.802. The highest BCUT2D eigenvalue weighted by molar-refractivity contribution is 6.30. The summed E-state index contributed by atoms with van der Waals surface area (Å²) >= 11 is 11.2. The molecule has 0 aliphatic carbocycles. The summed E-state index contributed by atoms with van der Waals surface area (Å²) in [7, 11) is 0. The fraction of sp³-hybridized carbons (Fsp3) is 0.600. The van der Waals surface area contributed by atoms with E-state index in [0.29, 0.717) is 13.0 Å². The number of alkyl halides is 1. The number of halogens is 2. The molecule has 0 spiro atoms. The van der Waals surface area contributed by atoms with Crippen LogP contribution >= 0.6 is 23.2 Å². The largest absolute Gasteiger partial charge is 0.358 e. The molecule has 46 valence electrons. The van der Waals surface area contributed by atoms with Crippen LogP contribution in [0.25, 0.3) is 0 Å².